The van der Waals surface area contributed by atoms with Crippen LogP contribution in [0.2, 0.25) is 0 Å². The van der Waals surface area contributed by atoms with E-state index in [9.17, 15) is 14.9 Å². The zero-order valence-corrected chi connectivity index (χ0v) is 13.6. The molecule has 0 saturated carbocycles. The third-order valence-corrected chi connectivity index (χ3v) is 3.79. The van der Waals surface area contributed by atoms with Gasteiger partial charge < -0.3 is 9.72 Å². The van der Waals surface area contributed by atoms with Crippen molar-refractivity contribution in [1.29, 1.82) is 0 Å². The van der Waals surface area contributed by atoms with Gasteiger partial charge in [0, 0.05) is 23.2 Å². The van der Waals surface area contributed by atoms with Crippen molar-refractivity contribution < 1.29 is 14.5 Å². The summed E-state index contributed by atoms with van der Waals surface area (Å²) in [7, 11) is 1.32. The smallest absolute Gasteiger partial charge is 0.354 e. The van der Waals surface area contributed by atoms with E-state index in [4.69, 9.17) is 0 Å². The number of aromatic nitrogens is 2. The van der Waals surface area contributed by atoms with Crippen LogP contribution >= 0.6 is 0 Å². The number of rotatable bonds is 4. The number of nitro benzene ring substituents is 1. The highest BCUT2D eigenvalue weighted by atomic mass is 16.6. The van der Waals surface area contributed by atoms with Crippen LogP contribution in [0.1, 0.15) is 27.2 Å². The van der Waals surface area contributed by atoms with Crippen molar-refractivity contribution in [2.45, 2.75) is 6.92 Å². The summed E-state index contributed by atoms with van der Waals surface area (Å²) in [6.07, 6.45) is 5.24. The maximum Gasteiger partial charge on any atom is 0.354 e. The number of ether oxygens (including phenoxy) is 1. The molecule has 1 N–H and O–H groups in total. The maximum absolute atomic E-state index is 11.5. The van der Waals surface area contributed by atoms with Crippen molar-refractivity contribution in [3.05, 3.63) is 69.0 Å². The Kier molecular flexibility index (Phi) is 4.30. The number of carbonyl (C=O) groups excluding carboxylic acids is 1. The van der Waals surface area contributed by atoms with E-state index in [-0.39, 0.29) is 5.69 Å². The Morgan fingerprint density at radius 1 is 1.24 bits per heavy atom. The first kappa shape index (κ1) is 16.4. The summed E-state index contributed by atoms with van der Waals surface area (Å²) in [5.41, 5.74) is 3.16. The fraction of sp³-hybridized carbons (Fsp3) is 0.111. The number of H-pyrrole nitrogens is 1. The number of fused-ring (bicyclic) bond motifs is 1. The van der Waals surface area contributed by atoms with Crippen molar-refractivity contribution >= 4 is 34.8 Å². The zero-order chi connectivity index (χ0) is 18.0. The molecule has 3 aromatic rings. The number of nitrogens with zero attached hydrogens (tertiary/aromatic N) is 2. The second-order valence-corrected chi connectivity index (χ2v) is 5.52. The molecule has 0 aliphatic heterocycles. The molecular weight excluding hydrogens is 322 g/mol. The molecular formula is C18H15N3O4. The summed E-state index contributed by atoms with van der Waals surface area (Å²) in [6.45, 7) is 1.70. The van der Waals surface area contributed by atoms with E-state index in [1.54, 1.807) is 31.3 Å². The Labute approximate surface area is 143 Å². The molecule has 0 aliphatic carbocycles. The molecule has 0 bridgehead atoms. The van der Waals surface area contributed by atoms with Crippen molar-refractivity contribution in [3.8, 4) is 0 Å². The predicted octanol–water partition coefficient (Wildman–Crippen LogP) is 3.74. The summed E-state index contributed by atoms with van der Waals surface area (Å²) in [5, 5.41) is 11.8. The van der Waals surface area contributed by atoms with Crippen LogP contribution in [0.25, 0.3) is 23.2 Å². The van der Waals surface area contributed by atoms with Crippen LogP contribution in [0.15, 0.2) is 36.5 Å². The van der Waals surface area contributed by atoms with E-state index in [2.05, 4.69) is 14.7 Å². The second-order valence-electron chi connectivity index (χ2n) is 5.52. The predicted molar refractivity (Wildman–Crippen MR) is 94.2 cm³/mol. The van der Waals surface area contributed by atoms with Gasteiger partial charge in [-0.25, -0.2) is 9.78 Å². The topological polar surface area (TPSA) is 98.1 Å². The summed E-state index contributed by atoms with van der Waals surface area (Å²) in [4.78, 5) is 29.3. The van der Waals surface area contributed by atoms with Gasteiger partial charge in [-0.05, 0) is 30.2 Å². The normalized spacial score (nSPS) is 11.1. The van der Waals surface area contributed by atoms with Crippen LogP contribution in [0.3, 0.4) is 0 Å². The SMILES string of the molecule is COC(=O)c1cc2cc(C=Cc3ccc(C)c([N+](=O)[O-])c3)cnc2[nH]1. The van der Waals surface area contributed by atoms with Crippen molar-refractivity contribution in [1.82, 2.24) is 9.97 Å². The van der Waals surface area contributed by atoms with E-state index >= 15 is 0 Å². The third-order valence-electron chi connectivity index (χ3n) is 3.79. The van der Waals surface area contributed by atoms with E-state index in [1.807, 2.05) is 18.2 Å². The minimum absolute atomic E-state index is 0.0871. The number of methoxy groups -OCH3 is 1. The molecule has 1 aromatic carbocycles. The molecule has 7 nitrogen and oxygen atoms in total. The molecule has 3 rings (SSSR count). The lowest BCUT2D eigenvalue weighted by Gasteiger charge is -1.99. The number of aromatic amines is 1. The van der Waals surface area contributed by atoms with Gasteiger partial charge in [0.2, 0.25) is 0 Å². The van der Waals surface area contributed by atoms with Gasteiger partial charge in [0.05, 0.1) is 12.0 Å². The maximum atomic E-state index is 11.5. The van der Waals surface area contributed by atoms with Gasteiger partial charge in [0.1, 0.15) is 11.3 Å². The molecule has 0 amide bonds. The molecule has 25 heavy (non-hydrogen) atoms. The molecule has 2 heterocycles. The van der Waals surface area contributed by atoms with Crippen LogP contribution < -0.4 is 0 Å². The quantitative estimate of drug-likeness (QED) is 0.444. The minimum Gasteiger partial charge on any atom is -0.464 e. The van der Waals surface area contributed by atoms with E-state index in [1.165, 1.54) is 13.2 Å². The molecule has 126 valence electrons. The van der Waals surface area contributed by atoms with E-state index in [0.717, 1.165) is 16.5 Å². The van der Waals surface area contributed by atoms with Crippen LogP contribution in [-0.2, 0) is 4.74 Å². The van der Waals surface area contributed by atoms with Gasteiger partial charge in [-0.1, -0.05) is 24.3 Å². The molecule has 0 saturated heterocycles. The minimum atomic E-state index is -0.456. The number of hydrogen-bond donors (Lipinski definition) is 1. The first-order valence-electron chi connectivity index (χ1n) is 7.48. The monoisotopic (exact) mass is 337 g/mol. The molecule has 0 unspecified atom stereocenters. The fourth-order valence-corrected chi connectivity index (χ4v) is 2.46. The molecule has 0 aliphatic rings. The van der Waals surface area contributed by atoms with E-state index in [0.29, 0.717) is 16.9 Å². The summed E-state index contributed by atoms with van der Waals surface area (Å²) < 4.78 is 4.67. The first-order valence-corrected chi connectivity index (χ1v) is 7.48. The number of nitro groups is 1. The van der Waals surface area contributed by atoms with E-state index < -0.39 is 10.9 Å². The van der Waals surface area contributed by atoms with Crippen LogP contribution in [0, 0.1) is 17.0 Å². The van der Waals surface area contributed by atoms with Gasteiger partial charge in [-0.15, -0.1) is 0 Å². The van der Waals surface area contributed by atoms with Crippen molar-refractivity contribution in [2.24, 2.45) is 0 Å². The Morgan fingerprint density at radius 2 is 2.00 bits per heavy atom. The van der Waals surface area contributed by atoms with Crippen LogP contribution in [0.4, 0.5) is 5.69 Å². The molecule has 2 aromatic heterocycles. The standard InChI is InChI=1S/C18H15N3O4/c1-11-3-4-12(8-16(11)21(23)24)5-6-13-7-14-9-15(18(22)25-2)20-17(14)19-10-13/h3-10H,1-2H3,(H,19,20). The molecule has 0 spiro atoms. The lowest BCUT2D eigenvalue weighted by molar-refractivity contribution is -0.385. The fourth-order valence-electron chi connectivity index (χ4n) is 2.46. The third kappa shape index (κ3) is 3.40. The van der Waals surface area contributed by atoms with Gasteiger partial charge in [-0.3, -0.25) is 10.1 Å². The summed E-state index contributed by atoms with van der Waals surface area (Å²) in [5.74, 6) is -0.456. The number of hydrogen-bond acceptors (Lipinski definition) is 5. The lowest BCUT2D eigenvalue weighted by Crippen LogP contribution is -2.00. The van der Waals surface area contributed by atoms with Crippen LogP contribution in [0.5, 0.6) is 0 Å². The molecule has 7 heteroatoms. The Balaban J connectivity index is 1.90. The van der Waals surface area contributed by atoms with Gasteiger partial charge in [0.15, 0.2) is 0 Å². The largest absolute Gasteiger partial charge is 0.464 e. The molecule has 0 fully saturated rings. The highest BCUT2D eigenvalue weighted by Crippen LogP contribution is 2.21. The number of pyridine rings is 1. The summed E-state index contributed by atoms with van der Waals surface area (Å²) in [6, 6.07) is 8.60. The zero-order valence-electron chi connectivity index (χ0n) is 13.6. The number of esters is 1. The molecule has 0 radical (unpaired) electrons. The highest BCUT2D eigenvalue weighted by Gasteiger charge is 2.11. The lowest BCUT2D eigenvalue weighted by atomic mass is 10.1. The van der Waals surface area contributed by atoms with Gasteiger partial charge >= 0.3 is 5.97 Å². The Morgan fingerprint density at radius 3 is 2.72 bits per heavy atom. The number of benzene rings is 1. The second kappa shape index (κ2) is 6.56. The van der Waals surface area contributed by atoms with Gasteiger partial charge in [-0.2, -0.15) is 0 Å². The molecule has 0 atom stereocenters. The number of carbonyl (C=O) groups is 1. The number of nitrogens with one attached hydrogen (secondary N) is 1. The Bertz CT molecular complexity index is 1000. The number of aryl methyl sites for hydroxylation is 1. The average Bonchev–Trinajstić information content (AvgIpc) is 3.03. The first-order chi connectivity index (χ1) is 12.0. The average molecular weight is 337 g/mol. The van der Waals surface area contributed by atoms with Crippen LogP contribution in [-0.4, -0.2) is 28.0 Å². The van der Waals surface area contributed by atoms with Gasteiger partial charge in [0.25, 0.3) is 5.69 Å². The van der Waals surface area contributed by atoms with Crippen molar-refractivity contribution in [3.63, 3.8) is 0 Å². The summed E-state index contributed by atoms with van der Waals surface area (Å²) >= 11 is 0. The van der Waals surface area contributed by atoms with Crippen molar-refractivity contribution in [2.75, 3.05) is 7.11 Å². The Hall–Kier alpha value is -3.48. The highest BCUT2D eigenvalue weighted by molar-refractivity contribution is 5.94.